The molecule has 2 aromatic rings. The van der Waals surface area contributed by atoms with E-state index in [1.54, 1.807) is 0 Å². The lowest BCUT2D eigenvalue weighted by atomic mass is 10.1. The lowest BCUT2D eigenvalue weighted by molar-refractivity contribution is 0.328. The average molecular weight is 254 g/mol. The van der Waals surface area contributed by atoms with E-state index in [0.717, 1.165) is 6.54 Å². The molecule has 0 spiro atoms. The maximum absolute atomic E-state index is 3.62. The Morgan fingerprint density at radius 1 is 1.05 bits per heavy atom. The molecule has 1 atom stereocenters. The monoisotopic (exact) mass is 254 g/mol. The standard InChI is InChI=1S/C17H22N2/c1-14(13-19-10-4-5-11-19)18-17-9-8-15-6-2-3-7-16(15)12-17/h2-3,6-9,12,14,18H,4-5,10-11,13H2,1H3. The SMILES string of the molecule is CC(CN1CCCC1)Nc1ccc2ccccc2c1. The largest absolute Gasteiger partial charge is 0.381 e. The van der Waals surface area contributed by atoms with Crippen molar-refractivity contribution >= 4 is 16.5 Å². The van der Waals surface area contributed by atoms with Crippen LogP contribution in [0.25, 0.3) is 10.8 Å². The molecule has 1 fully saturated rings. The van der Waals surface area contributed by atoms with Crippen LogP contribution in [0, 0.1) is 0 Å². The Kier molecular flexibility index (Phi) is 3.69. The molecular formula is C17H22N2. The summed E-state index contributed by atoms with van der Waals surface area (Å²) in [6, 6.07) is 15.6. The summed E-state index contributed by atoms with van der Waals surface area (Å²) in [5, 5.41) is 6.23. The van der Waals surface area contributed by atoms with Gasteiger partial charge in [-0.15, -0.1) is 0 Å². The van der Waals surface area contributed by atoms with Crippen LogP contribution in [0.15, 0.2) is 42.5 Å². The molecule has 0 saturated carbocycles. The average Bonchev–Trinajstić information content (AvgIpc) is 2.91. The molecule has 19 heavy (non-hydrogen) atoms. The lowest BCUT2D eigenvalue weighted by Crippen LogP contribution is -2.32. The third-order valence-electron chi connectivity index (χ3n) is 3.89. The summed E-state index contributed by atoms with van der Waals surface area (Å²) in [6.07, 6.45) is 2.73. The molecule has 0 radical (unpaired) electrons. The fraction of sp³-hybridized carbons (Fsp3) is 0.412. The first-order chi connectivity index (χ1) is 9.31. The van der Waals surface area contributed by atoms with E-state index in [9.17, 15) is 0 Å². The zero-order valence-electron chi connectivity index (χ0n) is 11.6. The number of likely N-dealkylation sites (tertiary alicyclic amines) is 1. The highest BCUT2D eigenvalue weighted by Crippen LogP contribution is 2.19. The second-order valence-corrected chi connectivity index (χ2v) is 5.62. The molecule has 0 aromatic heterocycles. The second-order valence-electron chi connectivity index (χ2n) is 5.62. The van der Waals surface area contributed by atoms with Crippen LogP contribution in [-0.4, -0.2) is 30.6 Å². The molecule has 1 unspecified atom stereocenters. The van der Waals surface area contributed by atoms with Crippen LogP contribution < -0.4 is 5.32 Å². The first-order valence-corrected chi connectivity index (χ1v) is 7.29. The Morgan fingerprint density at radius 3 is 2.58 bits per heavy atom. The van der Waals surface area contributed by atoms with Gasteiger partial charge < -0.3 is 10.2 Å². The van der Waals surface area contributed by atoms with Gasteiger partial charge in [0.2, 0.25) is 0 Å². The minimum atomic E-state index is 0.499. The highest BCUT2D eigenvalue weighted by atomic mass is 15.2. The van der Waals surface area contributed by atoms with Gasteiger partial charge in [0.1, 0.15) is 0 Å². The number of fused-ring (bicyclic) bond motifs is 1. The highest BCUT2D eigenvalue weighted by Gasteiger charge is 2.14. The lowest BCUT2D eigenvalue weighted by Gasteiger charge is -2.22. The Bertz CT molecular complexity index is 544. The molecule has 1 aliphatic rings. The smallest absolute Gasteiger partial charge is 0.0360 e. The van der Waals surface area contributed by atoms with Crippen molar-refractivity contribution in [1.29, 1.82) is 0 Å². The van der Waals surface area contributed by atoms with Crippen LogP contribution in [-0.2, 0) is 0 Å². The van der Waals surface area contributed by atoms with E-state index in [0.29, 0.717) is 6.04 Å². The van der Waals surface area contributed by atoms with E-state index in [4.69, 9.17) is 0 Å². The molecule has 0 amide bonds. The minimum Gasteiger partial charge on any atom is -0.381 e. The van der Waals surface area contributed by atoms with Crippen molar-refractivity contribution in [2.75, 3.05) is 25.0 Å². The van der Waals surface area contributed by atoms with Gasteiger partial charge in [-0.3, -0.25) is 0 Å². The van der Waals surface area contributed by atoms with Crippen LogP contribution in [0.5, 0.6) is 0 Å². The normalized spacial score (nSPS) is 17.7. The van der Waals surface area contributed by atoms with E-state index in [2.05, 4.69) is 59.6 Å². The summed E-state index contributed by atoms with van der Waals surface area (Å²) < 4.78 is 0. The molecule has 1 aliphatic heterocycles. The fourth-order valence-electron chi connectivity index (χ4n) is 2.96. The predicted octanol–water partition coefficient (Wildman–Crippen LogP) is 3.74. The van der Waals surface area contributed by atoms with Crippen molar-refractivity contribution in [2.24, 2.45) is 0 Å². The zero-order chi connectivity index (χ0) is 13.1. The molecule has 2 heteroatoms. The summed E-state index contributed by atoms with van der Waals surface area (Å²) in [5.74, 6) is 0. The summed E-state index contributed by atoms with van der Waals surface area (Å²) >= 11 is 0. The van der Waals surface area contributed by atoms with Gasteiger partial charge >= 0.3 is 0 Å². The molecule has 2 nitrogen and oxygen atoms in total. The van der Waals surface area contributed by atoms with Crippen LogP contribution in [0.1, 0.15) is 19.8 Å². The molecule has 1 heterocycles. The fourth-order valence-corrected chi connectivity index (χ4v) is 2.96. The minimum absolute atomic E-state index is 0.499. The van der Waals surface area contributed by atoms with Crippen molar-refractivity contribution in [1.82, 2.24) is 4.90 Å². The van der Waals surface area contributed by atoms with E-state index >= 15 is 0 Å². The van der Waals surface area contributed by atoms with Crippen LogP contribution in [0.4, 0.5) is 5.69 Å². The van der Waals surface area contributed by atoms with Crippen molar-refractivity contribution in [2.45, 2.75) is 25.8 Å². The quantitative estimate of drug-likeness (QED) is 0.894. The topological polar surface area (TPSA) is 15.3 Å². The van der Waals surface area contributed by atoms with Gasteiger partial charge in [-0.05, 0) is 55.8 Å². The Balaban J connectivity index is 1.66. The maximum atomic E-state index is 3.62. The summed E-state index contributed by atoms with van der Waals surface area (Å²) in [6.45, 7) is 5.95. The maximum Gasteiger partial charge on any atom is 0.0360 e. The van der Waals surface area contributed by atoms with E-state index in [-0.39, 0.29) is 0 Å². The molecule has 0 aliphatic carbocycles. The van der Waals surface area contributed by atoms with Gasteiger partial charge in [-0.25, -0.2) is 0 Å². The molecule has 100 valence electrons. The van der Waals surface area contributed by atoms with Gasteiger partial charge in [0.15, 0.2) is 0 Å². The number of hydrogen-bond acceptors (Lipinski definition) is 2. The molecule has 1 N–H and O–H groups in total. The van der Waals surface area contributed by atoms with Crippen molar-refractivity contribution < 1.29 is 0 Å². The number of nitrogens with zero attached hydrogens (tertiary/aromatic N) is 1. The van der Waals surface area contributed by atoms with E-state index < -0.39 is 0 Å². The van der Waals surface area contributed by atoms with Gasteiger partial charge in [-0.1, -0.05) is 30.3 Å². The Morgan fingerprint density at radius 2 is 1.79 bits per heavy atom. The van der Waals surface area contributed by atoms with Crippen LogP contribution in [0.3, 0.4) is 0 Å². The first kappa shape index (κ1) is 12.5. The van der Waals surface area contributed by atoms with Gasteiger partial charge in [-0.2, -0.15) is 0 Å². The van der Waals surface area contributed by atoms with Crippen molar-refractivity contribution in [3.8, 4) is 0 Å². The number of rotatable bonds is 4. The van der Waals surface area contributed by atoms with Gasteiger partial charge in [0.05, 0.1) is 0 Å². The van der Waals surface area contributed by atoms with Gasteiger partial charge in [0, 0.05) is 18.3 Å². The summed E-state index contributed by atoms with van der Waals surface area (Å²) in [5.41, 5.74) is 1.23. The number of nitrogens with one attached hydrogen (secondary N) is 1. The number of anilines is 1. The highest BCUT2D eigenvalue weighted by molar-refractivity contribution is 5.85. The predicted molar refractivity (Wildman–Crippen MR) is 82.7 cm³/mol. The summed E-state index contributed by atoms with van der Waals surface area (Å²) in [7, 11) is 0. The van der Waals surface area contributed by atoms with Gasteiger partial charge in [0.25, 0.3) is 0 Å². The summed E-state index contributed by atoms with van der Waals surface area (Å²) in [4.78, 5) is 2.55. The van der Waals surface area contributed by atoms with E-state index in [1.807, 2.05) is 0 Å². The first-order valence-electron chi connectivity index (χ1n) is 7.29. The molecule has 2 aromatic carbocycles. The molecule has 3 rings (SSSR count). The van der Waals surface area contributed by atoms with Crippen molar-refractivity contribution in [3.63, 3.8) is 0 Å². The second kappa shape index (κ2) is 5.62. The van der Waals surface area contributed by atoms with Crippen LogP contribution >= 0.6 is 0 Å². The zero-order valence-corrected chi connectivity index (χ0v) is 11.6. The number of benzene rings is 2. The third-order valence-corrected chi connectivity index (χ3v) is 3.89. The molecule has 1 saturated heterocycles. The Labute approximate surface area is 115 Å². The van der Waals surface area contributed by atoms with Crippen molar-refractivity contribution in [3.05, 3.63) is 42.5 Å². The van der Waals surface area contributed by atoms with E-state index in [1.165, 1.54) is 42.4 Å². The van der Waals surface area contributed by atoms with Crippen LogP contribution in [0.2, 0.25) is 0 Å². The molecule has 0 bridgehead atoms. The number of hydrogen-bond donors (Lipinski definition) is 1. The Hall–Kier alpha value is -1.54. The molecular weight excluding hydrogens is 232 g/mol. The third kappa shape index (κ3) is 3.07.